The summed E-state index contributed by atoms with van der Waals surface area (Å²) in [4.78, 5) is 45.6. The lowest BCUT2D eigenvalue weighted by molar-refractivity contribution is -0.141. The van der Waals surface area contributed by atoms with Gasteiger partial charge in [0.15, 0.2) is 5.78 Å². The fraction of sp³-hybridized carbons (Fsp3) is 0.346. The van der Waals surface area contributed by atoms with Crippen LogP contribution in [-0.4, -0.2) is 34.7 Å². The van der Waals surface area contributed by atoms with Crippen LogP contribution >= 0.6 is 0 Å². The molecule has 2 atom stereocenters. The number of carbonyl (C=O) groups excluding carboxylic acids is 3. The van der Waals surface area contributed by atoms with Gasteiger partial charge in [-0.25, -0.2) is 0 Å². The number of hydrogen-bond donors (Lipinski definition) is 0. The molecule has 0 spiro atoms. The molecule has 8 heteroatoms. The third kappa shape index (κ3) is 4.17. The molecule has 1 amide bonds. The number of methoxy groups -OCH3 is 1. The monoisotopic (exact) mass is 461 g/mol. The van der Waals surface area contributed by atoms with Gasteiger partial charge >= 0.3 is 0 Å². The van der Waals surface area contributed by atoms with Crippen LogP contribution < -0.4 is 4.90 Å². The number of rotatable bonds is 6. The number of anilines is 1. The molecule has 1 fully saturated rings. The van der Waals surface area contributed by atoms with Gasteiger partial charge in [-0.2, -0.15) is 4.98 Å². The first-order valence-corrected chi connectivity index (χ1v) is 11.0. The summed E-state index contributed by atoms with van der Waals surface area (Å²) in [5.41, 5.74) is 1.93. The molecule has 176 valence electrons. The second-order valence-corrected chi connectivity index (χ2v) is 9.39. The molecule has 0 saturated carbocycles. The van der Waals surface area contributed by atoms with E-state index in [0.29, 0.717) is 28.5 Å². The molecule has 2 heterocycles. The molecule has 0 N–H and O–H groups in total. The third-order valence-electron chi connectivity index (χ3n) is 5.93. The lowest BCUT2D eigenvalue weighted by atomic mass is 9.77. The van der Waals surface area contributed by atoms with E-state index >= 15 is 0 Å². The second kappa shape index (κ2) is 8.95. The first kappa shape index (κ1) is 23.5. The maximum atomic E-state index is 13.4. The van der Waals surface area contributed by atoms with Crippen molar-refractivity contribution in [2.45, 2.75) is 40.3 Å². The summed E-state index contributed by atoms with van der Waals surface area (Å²) in [5, 5.41) is 3.92. The van der Waals surface area contributed by atoms with E-state index in [0.717, 1.165) is 5.56 Å². The number of hydrogen-bond acceptors (Lipinski definition) is 7. The van der Waals surface area contributed by atoms with Crippen molar-refractivity contribution < 1.29 is 23.6 Å². The molecule has 34 heavy (non-hydrogen) atoms. The highest BCUT2D eigenvalue weighted by Gasteiger charge is 2.54. The van der Waals surface area contributed by atoms with Crippen LogP contribution in [0.15, 0.2) is 53.1 Å². The van der Waals surface area contributed by atoms with Crippen molar-refractivity contribution in [2.75, 3.05) is 12.0 Å². The fourth-order valence-corrected chi connectivity index (χ4v) is 4.29. The molecule has 8 nitrogen and oxygen atoms in total. The number of carbonyl (C=O) groups is 3. The highest BCUT2D eigenvalue weighted by atomic mass is 16.5. The highest BCUT2D eigenvalue weighted by molar-refractivity contribution is 6.48. The van der Waals surface area contributed by atoms with Gasteiger partial charge < -0.3 is 9.26 Å². The van der Waals surface area contributed by atoms with Crippen molar-refractivity contribution in [3.8, 4) is 11.4 Å². The number of ketones is 2. The number of nitrogens with zero attached hydrogens (tertiary/aromatic N) is 3. The zero-order valence-electron chi connectivity index (χ0n) is 19.9. The van der Waals surface area contributed by atoms with Gasteiger partial charge in [-0.3, -0.25) is 19.3 Å². The van der Waals surface area contributed by atoms with Gasteiger partial charge in [-0.05, 0) is 35.4 Å². The number of amides is 1. The normalized spacial score (nSPS) is 18.6. The maximum absolute atomic E-state index is 13.4. The van der Waals surface area contributed by atoms with Crippen LogP contribution in [0.5, 0.6) is 0 Å². The Kier molecular flexibility index (Phi) is 6.18. The summed E-state index contributed by atoms with van der Waals surface area (Å²) < 4.78 is 10.4. The first-order chi connectivity index (χ1) is 16.1. The van der Waals surface area contributed by atoms with Crippen molar-refractivity contribution in [3.05, 3.63) is 65.5 Å². The minimum absolute atomic E-state index is 0.274. The Morgan fingerprint density at radius 1 is 1.09 bits per heavy atom. The molecule has 2 unspecified atom stereocenters. The van der Waals surface area contributed by atoms with Gasteiger partial charge in [-0.15, -0.1) is 0 Å². The maximum Gasteiger partial charge on any atom is 0.295 e. The number of aromatic nitrogens is 2. The Morgan fingerprint density at radius 2 is 1.76 bits per heavy atom. The molecule has 0 bridgehead atoms. The molecule has 4 rings (SSSR count). The van der Waals surface area contributed by atoms with Gasteiger partial charge in [0.05, 0.1) is 12.6 Å². The van der Waals surface area contributed by atoms with Gasteiger partial charge in [0.1, 0.15) is 5.92 Å². The van der Waals surface area contributed by atoms with Gasteiger partial charge in [0.25, 0.3) is 5.91 Å². The largest absolute Gasteiger partial charge is 0.380 e. The van der Waals surface area contributed by atoms with E-state index in [1.165, 1.54) is 4.90 Å². The average molecular weight is 462 g/mol. The van der Waals surface area contributed by atoms with Crippen LogP contribution in [0.2, 0.25) is 0 Å². The third-order valence-corrected chi connectivity index (χ3v) is 5.93. The van der Waals surface area contributed by atoms with Crippen molar-refractivity contribution in [3.63, 3.8) is 0 Å². The zero-order valence-corrected chi connectivity index (χ0v) is 19.9. The number of ether oxygens (including phenoxy) is 1. The number of aryl methyl sites for hydroxylation is 1. The van der Waals surface area contributed by atoms with Crippen molar-refractivity contribution in [1.29, 1.82) is 0 Å². The molecule has 1 saturated heterocycles. The van der Waals surface area contributed by atoms with Crippen LogP contribution in [-0.2, 0) is 25.7 Å². The van der Waals surface area contributed by atoms with Crippen molar-refractivity contribution in [1.82, 2.24) is 10.1 Å². The molecule has 0 radical (unpaired) electrons. The van der Waals surface area contributed by atoms with Gasteiger partial charge in [0.2, 0.25) is 17.5 Å². The topological polar surface area (TPSA) is 103 Å². The van der Waals surface area contributed by atoms with E-state index in [1.54, 1.807) is 59.1 Å². The Morgan fingerprint density at radius 3 is 2.35 bits per heavy atom. The summed E-state index contributed by atoms with van der Waals surface area (Å²) in [7, 11) is 1.58. The summed E-state index contributed by atoms with van der Waals surface area (Å²) in [5.74, 6) is -1.93. The zero-order chi connectivity index (χ0) is 24.6. The summed E-state index contributed by atoms with van der Waals surface area (Å²) >= 11 is 0. The highest BCUT2D eigenvalue weighted by Crippen LogP contribution is 2.44. The van der Waals surface area contributed by atoms with Crippen LogP contribution in [0.3, 0.4) is 0 Å². The fourth-order valence-electron chi connectivity index (χ4n) is 4.29. The number of Topliss-reactive ketones (excluding diaryl/α,β-unsaturated/α-hetero) is 2. The Hall–Kier alpha value is -3.65. The van der Waals surface area contributed by atoms with Crippen LogP contribution in [0, 0.1) is 18.3 Å². The lowest BCUT2D eigenvalue weighted by Gasteiger charge is -2.31. The minimum atomic E-state index is -1.12. The van der Waals surface area contributed by atoms with E-state index in [9.17, 15) is 14.4 Å². The van der Waals surface area contributed by atoms with E-state index < -0.39 is 29.1 Å². The molecule has 0 aliphatic carbocycles. The first-order valence-electron chi connectivity index (χ1n) is 11.0. The summed E-state index contributed by atoms with van der Waals surface area (Å²) in [6.45, 7) is 7.27. The lowest BCUT2D eigenvalue weighted by Crippen LogP contribution is -2.36. The van der Waals surface area contributed by atoms with Crippen molar-refractivity contribution >= 4 is 23.2 Å². The Balaban J connectivity index is 1.84. The molecule has 3 aromatic rings. The second-order valence-electron chi connectivity index (χ2n) is 9.39. The molecular formula is C26H27N3O5. The molecular weight excluding hydrogens is 434 g/mol. The van der Waals surface area contributed by atoms with Crippen LogP contribution in [0.25, 0.3) is 11.4 Å². The number of benzene rings is 2. The Labute approximate surface area is 197 Å². The average Bonchev–Trinajstić information content (AvgIpc) is 3.34. The predicted octanol–water partition coefficient (Wildman–Crippen LogP) is 4.08. The van der Waals surface area contributed by atoms with E-state index in [1.807, 2.05) is 24.3 Å². The predicted molar refractivity (Wildman–Crippen MR) is 125 cm³/mol. The van der Waals surface area contributed by atoms with Crippen molar-refractivity contribution in [2.24, 2.45) is 11.3 Å². The van der Waals surface area contributed by atoms with Crippen LogP contribution in [0.1, 0.15) is 43.8 Å². The van der Waals surface area contributed by atoms with Gasteiger partial charge in [0, 0.05) is 30.7 Å². The van der Waals surface area contributed by atoms with Crippen LogP contribution in [0.4, 0.5) is 5.69 Å². The molecule has 1 aliphatic rings. The van der Waals surface area contributed by atoms with E-state index in [2.05, 4.69) is 10.1 Å². The van der Waals surface area contributed by atoms with E-state index in [-0.39, 0.29) is 12.4 Å². The molecule has 1 aromatic heterocycles. The summed E-state index contributed by atoms with van der Waals surface area (Å²) in [6, 6.07) is 13.6. The SMILES string of the molecule is COCc1ccccc1C1C(C(=O)C(C)(C)C)C(=O)C(=O)N1c1ccc(-c2noc(C)n2)cc1. The quantitative estimate of drug-likeness (QED) is 0.402. The van der Waals surface area contributed by atoms with Gasteiger partial charge in [-0.1, -0.05) is 50.2 Å². The minimum Gasteiger partial charge on any atom is -0.380 e. The Bertz CT molecular complexity index is 1240. The summed E-state index contributed by atoms with van der Waals surface area (Å²) in [6.07, 6.45) is 0. The standard InChI is InChI=1S/C26H27N3O5/c1-15-27-24(28-34-15)16-10-12-18(13-11-16)29-21(19-9-7-6-8-17(19)14-33-5)20(22(30)25(29)32)23(31)26(2,3)4/h6-13,20-21H,14H2,1-5H3. The smallest absolute Gasteiger partial charge is 0.295 e. The molecule has 1 aliphatic heterocycles. The van der Waals surface area contributed by atoms with E-state index in [4.69, 9.17) is 9.26 Å². The molecule has 2 aromatic carbocycles.